The summed E-state index contributed by atoms with van der Waals surface area (Å²) in [6.45, 7) is 3.71. The van der Waals surface area contributed by atoms with Gasteiger partial charge in [0.2, 0.25) is 0 Å². The lowest BCUT2D eigenvalue weighted by Crippen LogP contribution is -2.18. The molecule has 6 nitrogen and oxygen atoms in total. The monoisotopic (exact) mass is 419 g/mol. The van der Waals surface area contributed by atoms with Gasteiger partial charge >= 0.3 is 0 Å². The Morgan fingerprint density at radius 1 is 1.03 bits per heavy atom. The van der Waals surface area contributed by atoms with Gasteiger partial charge in [0.25, 0.3) is 0 Å². The van der Waals surface area contributed by atoms with Gasteiger partial charge in [-0.2, -0.15) is 5.10 Å². The Bertz CT molecular complexity index is 1070. The summed E-state index contributed by atoms with van der Waals surface area (Å²) in [6, 6.07) is 14.7. The second kappa shape index (κ2) is 8.52. The second-order valence-electron chi connectivity index (χ2n) is 7.78. The normalized spacial score (nSPS) is 17.0. The molecule has 3 heterocycles. The van der Waals surface area contributed by atoms with Crippen molar-refractivity contribution in [3.05, 3.63) is 59.4 Å². The van der Waals surface area contributed by atoms with E-state index in [1.807, 2.05) is 0 Å². The number of hydrogen-bond acceptors (Lipinski definition) is 6. The van der Waals surface area contributed by atoms with Gasteiger partial charge in [0, 0.05) is 47.4 Å². The summed E-state index contributed by atoms with van der Waals surface area (Å²) in [5, 5.41) is 13.5. The molecule has 30 heavy (non-hydrogen) atoms. The molecule has 7 heteroatoms. The number of aryl methyl sites for hydroxylation is 2. The van der Waals surface area contributed by atoms with Gasteiger partial charge in [-0.05, 0) is 44.0 Å². The van der Waals surface area contributed by atoms with E-state index in [1.54, 1.807) is 0 Å². The van der Waals surface area contributed by atoms with Crippen molar-refractivity contribution in [2.75, 3.05) is 6.61 Å². The van der Waals surface area contributed by atoms with Crippen LogP contribution >= 0.6 is 11.9 Å². The Labute approximate surface area is 180 Å². The Kier molecular flexibility index (Phi) is 5.45. The minimum Gasteiger partial charge on any atom is -0.492 e. The fraction of sp³-hybridized carbons (Fsp3) is 0.348. The van der Waals surface area contributed by atoms with Crippen LogP contribution in [0.25, 0.3) is 11.4 Å². The summed E-state index contributed by atoms with van der Waals surface area (Å²) < 4.78 is 8.24. The molecule has 0 radical (unpaired) electrons. The maximum atomic E-state index is 5.97. The fourth-order valence-electron chi connectivity index (χ4n) is 3.96. The van der Waals surface area contributed by atoms with Crippen LogP contribution in [-0.4, -0.2) is 27.1 Å². The van der Waals surface area contributed by atoms with E-state index in [4.69, 9.17) is 4.74 Å². The molecule has 0 saturated carbocycles. The van der Waals surface area contributed by atoms with E-state index < -0.39 is 0 Å². The van der Waals surface area contributed by atoms with Crippen LogP contribution in [0.2, 0.25) is 0 Å². The summed E-state index contributed by atoms with van der Waals surface area (Å²) in [5.41, 5.74) is 4.36. The molecule has 1 N–H and O–H groups in total. The Hall–Kier alpha value is -2.80. The molecule has 0 fully saturated rings. The molecular formula is C23H25N5OS. The third-order valence-electron chi connectivity index (χ3n) is 5.62. The van der Waals surface area contributed by atoms with Crippen molar-refractivity contribution in [1.82, 2.24) is 19.6 Å². The van der Waals surface area contributed by atoms with Crippen molar-refractivity contribution in [1.29, 1.82) is 0 Å². The van der Waals surface area contributed by atoms with Crippen molar-refractivity contribution in [2.45, 2.75) is 50.5 Å². The molecule has 0 unspecified atom stereocenters. The van der Waals surface area contributed by atoms with Gasteiger partial charge in [0.05, 0.1) is 12.3 Å². The predicted molar refractivity (Wildman–Crippen MR) is 120 cm³/mol. The molecule has 0 aliphatic carbocycles. The average Bonchev–Trinajstić information content (AvgIpc) is 3.03. The van der Waals surface area contributed by atoms with Gasteiger partial charge in [0.15, 0.2) is 5.82 Å². The zero-order valence-electron chi connectivity index (χ0n) is 17.1. The van der Waals surface area contributed by atoms with Gasteiger partial charge in [-0.1, -0.05) is 30.2 Å². The maximum Gasteiger partial charge on any atom is 0.164 e. The van der Waals surface area contributed by atoms with E-state index in [-0.39, 0.29) is 0 Å². The average molecular weight is 420 g/mol. The summed E-state index contributed by atoms with van der Waals surface area (Å²) in [6.07, 6.45) is 5.42. The second-order valence-corrected chi connectivity index (χ2v) is 8.63. The van der Waals surface area contributed by atoms with Crippen LogP contribution in [-0.2, 0) is 13.0 Å². The van der Waals surface area contributed by atoms with E-state index in [1.165, 1.54) is 36.8 Å². The van der Waals surface area contributed by atoms with Crippen LogP contribution < -0.4 is 9.57 Å². The summed E-state index contributed by atoms with van der Waals surface area (Å²) in [7, 11) is 0. The molecule has 2 aliphatic rings. The van der Waals surface area contributed by atoms with Crippen molar-refractivity contribution in [3.8, 4) is 17.1 Å². The zero-order chi connectivity index (χ0) is 20.3. The Balaban J connectivity index is 1.37. The molecule has 0 bridgehead atoms. The highest BCUT2D eigenvalue weighted by atomic mass is 32.2. The van der Waals surface area contributed by atoms with Crippen molar-refractivity contribution < 1.29 is 4.74 Å². The summed E-state index contributed by atoms with van der Waals surface area (Å²) in [4.78, 5) is 4.28. The van der Waals surface area contributed by atoms with Gasteiger partial charge in [-0.3, -0.25) is 0 Å². The molecule has 2 aromatic carbocycles. The van der Waals surface area contributed by atoms with Gasteiger partial charge in [-0.15, -0.1) is 10.2 Å². The predicted octanol–water partition coefficient (Wildman–Crippen LogP) is 4.76. The molecule has 0 amide bonds. The number of benzene rings is 2. The van der Waals surface area contributed by atoms with Crippen LogP contribution in [0.5, 0.6) is 5.75 Å². The zero-order valence-corrected chi connectivity index (χ0v) is 17.9. The molecule has 0 atom stereocenters. The molecule has 154 valence electrons. The van der Waals surface area contributed by atoms with Crippen LogP contribution in [0, 0.1) is 6.92 Å². The summed E-state index contributed by atoms with van der Waals surface area (Å²) >= 11 is 1.52. The third kappa shape index (κ3) is 3.94. The Morgan fingerprint density at radius 3 is 2.83 bits per heavy atom. The van der Waals surface area contributed by atoms with Crippen molar-refractivity contribution >= 4 is 17.7 Å². The molecular weight excluding hydrogens is 394 g/mol. The fourth-order valence-corrected chi connectivity index (χ4v) is 4.50. The van der Waals surface area contributed by atoms with Gasteiger partial charge in [-0.25, -0.2) is 4.83 Å². The van der Waals surface area contributed by atoms with Crippen molar-refractivity contribution in [3.63, 3.8) is 0 Å². The van der Waals surface area contributed by atoms with E-state index in [2.05, 4.69) is 74.1 Å². The lowest BCUT2D eigenvalue weighted by molar-refractivity contribution is 0.320. The maximum absolute atomic E-state index is 5.97. The first kappa shape index (κ1) is 19.2. The minimum absolute atomic E-state index is 0.629. The Morgan fingerprint density at radius 2 is 1.93 bits per heavy atom. The smallest absolute Gasteiger partial charge is 0.164 e. The quantitative estimate of drug-likeness (QED) is 0.488. The van der Waals surface area contributed by atoms with Crippen LogP contribution in [0.4, 0.5) is 0 Å². The van der Waals surface area contributed by atoms with Crippen LogP contribution in [0.3, 0.4) is 0 Å². The number of rotatable bonds is 4. The van der Waals surface area contributed by atoms with E-state index >= 15 is 0 Å². The number of hydrazone groups is 1. The lowest BCUT2D eigenvalue weighted by Gasteiger charge is -2.20. The topological polar surface area (TPSA) is 64.3 Å². The highest BCUT2D eigenvalue weighted by molar-refractivity contribution is 7.97. The SMILES string of the molecule is Cc1ccc(SN/N=C2/CCOc3cc(-c4nnc5n4CCCCC5)ccc32)cc1. The summed E-state index contributed by atoms with van der Waals surface area (Å²) in [5.74, 6) is 2.90. The number of hydrogen-bond donors (Lipinski definition) is 1. The van der Waals surface area contributed by atoms with Crippen LogP contribution in [0.15, 0.2) is 52.5 Å². The van der Waals surface area contributed by atoms with E-state index in [0.717, 1.165) is 58.5 Å². The lowest BCUT2D eigenvalue weighted by atomic mass is 10.0. The third-order valence-corrected chi connectivity index (χ3v) is 6.31. The van der Waals surface area contributed by atoms with Gasteiger partial charge in [0.1, 0.15) is 11.6 Å². The van der Waals surface area contributed by atoms with Crippen LogP contribution in [0.1, 0.15) is 42.6 Å². The number of nitrogens with one attached hydrogen (secondary N) is 1. The molecule has 1 aromatic heterocycles. The first-order valence-electron chi connectivity index (χ1n) is 10.5. The number of ether oxygens (including phenoxy) is 1. The highest BCUT2D eigenvalue weighted by Gasteiger charge is 2.21. The van der Waals surface area contributed by atoms with Gasteiger partial charge < -0.3 is 9.30 Å². The highest BCUT2D eigenvalue weighted by Crippen LogP contribution is 2.31. The number of fused-ring (bicyclic) bond motifs is 2. The molecule has 5 rings (SSSR count). The number of aromatic nitrogens is 3. The number of nitrogens with zero attached hydrogens (tertiary/aromatic N) is 4. The largest absolute Gasteiger partial charge is 0.492 e. The van der Waals surface area contributed by atoms with Crippen molar-refractivity contribution in [2.24, 2.45) is 5.10 Å². The van der Waals surface area contributed by atoms with E-state index in [9.17, 15) is 0 Å². The first-order valence-corrected chi connectivity index (χ1v) is 11.3. The standard InChI is InChI=1S/C23H25N5OS/c1-16-6-9-18(10-7-16)30-27-24-20-12-14-29-21-15-17(8-11-19(20)21)23-26-25-22-5-3-2-4-13-28(22)23/h6-11,15,27H,2-5,12-14H2,1H3/b24-20-. The molecule has 0 saturated heterocycles. The first-order chi connectivity index (χ1) is 14.8. The molecule has 0 spiro atoms. The molecule has 3 aromatic rings. The minimum atomic E-state index is 0.629. The van der Waals surface area contributed by atoms with E-state index in [0.29, 0.717) is 6.61 Å². The molecule has 2 aliphatic heterocycles.